The Hall–Kier alpha value is -8.09. The molecule has 1 aromatic heterocycles. The fraction of sp³-hybridized carbons (Fsp3) is 0.211. The summed E-state index contributed by atoms with van der Waals surface area (Å²) in [5.74, 6) is -0.735. The van der Waals surface area contributed by atoms with Gasteiger partial charge in [-0.1, -0.05) is 139 Å². The molecule has 0 spiro atoms. The number of carbonyl (C=O) groups is 4. The molecule has 1 aliphatic heterocycles. The lowest BCUT2D eigenvalue weighted by molar-refractivity contribution is -0.106. The van der Waals surface area contributed by atoms with Crippen LogP contribution < -0.4 is 19.9 Å². The molecule has 6 aromatic carbocycles. The zero-order valence-corrected chi connectivity index (χ0v) is 38.9. The summed E-state index contributed by atoms with van der Waals surface area (Å²) in [5.41, 5.74) is 9.19. The lowest BCUT2D eigenvalue weighted by atomic mass is 9.98. The molecule has 8 rings (SSSR count). The van der Waals surface area contributed by atoms with Gasteiger partial charge in [-0.25, -0.2) is 14.6 Å². The Bertz CT molecular complexity index is 2620. The van der Waals surface area contributed by atoms with Gasteiger partial charge < -0.3 is 34.3 Å². The molecule has 69 heavy (non-hydrogen) atoms. The number of rotatable bonds is 16. The van der Waals surface area contributed by atoms with Crippen molar-refractivity contribution < 1.29 is 42.9 Å². The Balaban J connectivity index is 0.000000363. The Morgan fingerprint density at radius 2 is 1.12 bits per heavy atom. The average Bonchev–Trinajstić information content (AvgIpc) is 3.60. The van der Waals surface area contributed by atoms with Crippen molar-refractivity contribution in [3.05, 3.63) is 226 Å². The third-order valence-electron chi connectivity index (χ3n) is 10.9. The van der Waals surface area contributed by atoms with Gasteiger partial charge in [-0.05, 0) is 98.4 Å². The zero-order chi connectivity index (χ0) is 48.6. The smallest absolute Gasteiger partial charge is 0.358 e. The second-order valence-electron chi connectivity index (χ2n) is 16.2. The number of carbonyl (C=O) groups excluding carboxylic acids is 4. The van der Waals surface area contributed by atoms with Crippen LogP contribution in [0.5, 0.6) is 17.2 Å². The molecule has 2 N–H and O–H groups in total. The minimum absolute atomic E-state index is 0.00239. The molecule has 354 valence electrons. The van der Waals surface area contributed by atoms with Crippen LogP contribution in [0.15, 0.2) is 176 Å². The molecule has 1 aliphatic rings. The first-order valence-electron chi connectivity index (χ1n) is 22.7. The maximum absolute atomic E-state index is 14.6. The maximum atomic E-state index is 14.6. The van der Waals surface area contributed by atoms with Crippen LogP contribution in [-0.4, -0.2) is 60.3 Å². The lowest BCUT2D eigenvalue weighted by Gasteiger charge is -2.20. The molecule has 7 aromatic rings. The van der Waals surface area contributed by atoms with Gasteiger partial charge in [0.05, 0.1) is 11.1 Å². The van der Waals surface area contributed by atoms with Crippen LogP contribution >= 0.6 is 0 Å². The van der Waals surface area contributed by atoms with Gasteiger partial charge in [0.25, 0.3) is 0 Å². The van der Waals surface area contributed by atoms with E-state index in [0.29, 0.717) is 6.61 Å². The van der Waals surface area contributed by atoms with Crippen LogP contribution in [0, 0.1) is 6.92 Å². The van der Waals surface area contributed by atoms with Crippen molar-refractivity contribution in [3.63, 3.8) is 0 Å². The van der Waals surface area contributed by atoms with Gasteiger partial charge in [-0.15, -0.1) is 0 Å². The first-order chi connectivity index (χ1) is 33.7. The van der Waals surface area contributed by atoms with Crippen LogP contribution in [-0.2, 0) is 40.7 Å². The van der Waals surface area contributed by atoms with Gasteiger partial charge in [0.2, 0.25) is 12.2 Å². The predicted molar refractivity (Wildman–Crippen MR) is 264 cm³/mol. The quantitative estimate of drug-likeness (QED) is 0.0559. The molecule has 0 radical (unpaired) electrons. The number of benzene rings is 6. The summed E-state index contributed by atoms with van der Waals surface area (Å²) < 4.78 is 29.9. The van der Waals surface area contributed by atoms with E-state index in [1.165, 1.54) is 35.5 Å². The van der Waals surface area contributed by atoms with E-state index in [1.807, 2.05) is 121 Å². The molecule has 12 nitrogen and oxygen atoms in total. The minimum Gasteiger partial charge on any atom is -0.489 e. The fourth-order valence-corrected chi connectivity index (χ4v) is 7.23. The van der Waals surface area contributed by atoms with Crippen LogP contribution in [0.3, 0.4) is 0 Å². The first-order valence-corrected chi connectivity index (χ1v) is 22.7. The molecule has 0 bridgehead atoms. The van der Waals surface area contributed by atoms with Gasteiger partial charge in [-0.3, -0.25) is 9.59 Å². The van der Waals surface area contributed by atoms with E-state index in [4.69, 9.17) is 28.5 Å². The lowest BCUT2D eigenvalue weighted by Crippen LogP contribution is -2.22. The van der Waals surface area contributed by atoms with Crippen molar-refractivity contribution in [3.8, 4) is 17.2 Å². The summed E-state index contributed by atoms with van der Waals surface area (Å²) in [7, 11) is 2.06. The summed E-state index contributed by atoms with van der Waals surface area (Å²) in [4.78, 5) is 56.8. The van der Waals surface area contributed by atoms with Gasteiger partial charge in [0.15, 0.2) is 5.69 Å². The van der Waals surface area contributed by atoms with E-state index in [1.54, 1.807) is 6.07 Å². The first kappa shape index (κ1) is 50.3. The molecule has 0 aliphatic carbocycles. The summed E-state index contributed by atoms with van der Waals surface area (Å²) in [6, 6.07) is 52.6. The number of nitrogens with two attached hydrogens (primary N) is 1. The highest BCUT2D eigenvalue weighted by Gasteiger charge is 2.30. The van der Waals surface area contributed by atoms with Crippen LogP contribution in [0.2, 0.25) is 0 Å². The number of aromatic nitrogens is 1. The van der Waals surface area contributed by atoms with Gasteiger partial charge in [0, 0.05) is 12.7 Å². The number of hydrogen-bond donors (Lipinski definition) is 1. The van der Waals surface area contributed by atoms with Crippen molar-refractivity contribution in [2.45, 2.75) is 58.7 Å². The number of esters is 2. The second kappa shape index (κ2) is 26.9. The van der Waals surface area contributed by atoms with E-state index < -0.39 is 17.7 Å². The third kappa shape index (κ3) is 16.0. The highest BCUT2D eigenvalue weighted by molar-refractivity contribution is 6.17. The molecular formula is C57H57N3O9. The fourth-order valence-electron chi connectivity index (χ4n) is 7.23. The number of aryl methyl sites for hydroxylation is 1. The van der Waals surface area contributed by atoms with Crippen molar-refractivity contribution in [1.82, 2.24) is 9.88 Å². The van der Waals surface area contributed by atoms with E-state index in [9.17, 15) is 14.4 Å². The second-order valence-corrected chi connectivity index (χ2v) is 16.2. The van der Waals surface area contributed by atoms with Crippen LogP contribution in [0.25, 0.3) is 0 Å². The Kier molecular flexibility index (Phi) is 19.6. The molecular weight excluding hydrogens is 871 g/mol. The van der Waals surface area contributed by atoms with E-state index in [0.717, 1.165) is 54.8 Å². The molecule has 1 atom stereocenters. The monoisotopic (exact) mass is 927 g/mol. The highest BCUT2D eigenvalue weighted by Crippen LogP contribution is 2.36. The van der Waals surface area contributed by atoms with Crippen molar-refractivity contribution in [1.29, 1.82) is 0 Å². The molecule has 1 fully saturated rings. The molecule has 1 unspecified atom stereocenters. The Labute approximate surface area is 403 Å². The Morgan fingerprint density at radius 1 is 0.623 bits per heavy atom. The number of hydrogen-bond acceptors (Lipinski definition) is 11. The maximum Gasteiger partial charge on any atom is 0.358 e. The molecule has 2 heterocycles. The van der Waals surface area contributed by atoms with E-state index >= 15 is 0 Å². The van der Waals surface area contributed by atoms with Crippen LogP contribution in [0.1, 0.15) is 83.8 Å². The van der Waals surface area contributed by atoms with E-state index in [2.05, 4.69) is 53.9 Å². The normalized spacial score (nSPS) is 13.1. The zero-order valence-electron chi connectivity index (χ0n) is 38.9. The van der Waals surface area contributed by atoms with Crippen molar-refractivity contribution in [2.75, 3.05) is 20.1 Å². The number of nitrogens with zero attached hydrogens (tertiary/aromatic N) is 2. The topological polar surface area (TPSA) is 157 Å². The SMILES string of the molecule is CN1CCCC(OC(=O)c2cc(OCc3ccccc3)c(C(=O)c3cccnc3C(=O)OCc3ccccc3)c(OCc3ccccc3)c2)CC1.Cc1ccc(OCc2ccccc2)cc1.NC=O. The summed E-state index contributed by atoms with van der Waals surface area (Å²) in [5, 5.41) is 0. The number of pyridine rings is 1. The molecule has 12 heteroatoms. The largest absolute Gasteiger partial charge is 0.489 e. The standard InChI is InChI=1S/C42H40N2O7.C14H14O.CH3NO/c1-44-23-12-19-34(21-24-44)51-41(46)33-25-36(48-27-30-13-5-2-6-14-30)38(37(26-33)49-28-31-15-7-3-8-16-31)40(45)35-20-11-22-43-39(35)42(47)50-29-32-17-9-4-10-18-32;1-12-7-9-14(10-8-12)15-11-13-5-3-2-4-6-13;2-1-3/h2-11,13-18,20,22,25-26,34H,12,19,21,23-24,27-29H2,1H3;2-10H,11H2,1H3;1H,(H2,2,3). The summed E-state index contributed by atoms with van der Waals surface area (Å²) in [6.45, 7) is 4.68. The number of ether oxygens (including phenoxy) is 5. The predicted octanol–water partition coefficient (Wildman–Crippen LogP) is 10.1. The minimum atomic E-state index is -0.754. The van der Waals surface area contributed by atoms with Gasteiger partial charge in [-0.2, -0.15) is 0 Å². The highest BCUT2D eigenvalue weighted by atomic mass is 16.5. The number of amides is 1. The average molecular weight is 928 g/mol. The van der Waals surface area contributed by atoms with Gasteiger partial charge in [0.1, 0.15) is 55.3 Å². The van der Waals surface area contributed by atoms with E-state index in [-0.39, 0.29) is 66.2 Å². The third-order valence-corrected chi connectivity index (χ3v) is 10.9. The van der Waals surface area contributed by atoms with Crippen molar-refractivity contribution in [2.24, 2.45) is 5.73 Å². The van der Waals surface area contributed by atoms with Crippen LogP contribution in [0.4, 0.5) is 0 Å². The molecule has 1 saturated heterocycles. The number of likely N-dealkylation sites (tertiary alicyclic amines) is 1. The molecule has 0 saturated carbocycles. The summed E-state index contributed by atoms with van der Waals surface area (Å²) in [6.07, 6.45) is 3.83. The van der Waals surface area contributed by atoms with Crippen molar-refractivity contribution >= 4 is 24.1 Å². The number of ketones is 1. The molecule has 1 amide bonds. The number of primary amides is 1. The summed E-state index contributed by atoms with van der Waals surface area (Å²) >= 11 is 0. The Morgan fingerprint density at radius 3 is 1.64 bits per heavy atom. The van der Waals surface area contributed by atoms with Gasteiger partial charge >= 0.3 is 11.9 Å².